The zero-order valence-electron chi connectivity index (χ0n) is 18.1. The van der Waals surface area contributed by atoms with Crippen LogP contribution in [0.25, 0.3) is 0 Å². The molecule has 8 heteroatoms. The van der Waals surface area contributed by atoms with E-state index in [2.05, 4.69) is 17.2 Å². The molecule has 1 aromatic carbocycles. The summed E-state index contributed by atoms with van der Waals surface area (Å²) in [5.41, 5.74) is 0.493. The van der Waals surface area contributed by atoms with Crippen molar-refractivity contribution in [3.63, 3.8) is 0 Å². The molecule has 3 atom stereocenters. The Balaban J connectivity index is 1.45. The van der Waals surface area contributed by atoms with E-state index in [1.807, 2.05) is 43.5 Å². The lowest BCUT2D eigenvalue weighted by molar-refractivity contribution is -0.160. The van der Waals surface area contributed by atoms with Crippen molar-refractivity contribution in [1.29, 1.82) is 0 Å². The molecule has 2 aliphatic rings. The van der Waals surface area contributed by atoms with Crippen molar-refractivity contribution in [2.24, 2.45) is 5.41 Å². The summed E-state index contributed by atoms with van der Waals surface area (Å²) in [6.45, 7) is 6.85. The van der Waals surface area contributed by atoms with Crippen molar-refractivity contribution in [2.75, 3.05) is 18.5 Å². The van der Waals surface area contributed by atoms with Gasteiger partial charge < -0.3 is 19.5 Å². The number of aromatic nitrogens is 1. The number of rotatable bonds is 8. The van der Waals surface area contributed by atoms with Crippen LogP contribution in [0.2, 0.25) is 0 Å². The van der Waals surface area contributed by atoms with Gasteiger partial charge in [0.25, 0.3) is 0 Å². The topological polar surface area (TPSA) is 86.8 Å². The van der Waals surface area contributed by atoms with Gasteiger partial charge in [0.2, 0.25) is 0 Å². The van der Waals surface area contributed by atoms with Crippen LogP contribution < -0.4 is 5.32 Å². The van der Waals surface area contributed by atoms with E-state index >= 15 is 0 Å². The number of hydrogen-bond donors (Lipinski definition) is 1. The van der Waals surface area contributed by atoms with Crippen molar-refractivity contribution in [3.05, 3.63) is 40.9 Å². The molecule has 2 aromatic rings. The monoisotopic (exact) mass is 444 g/mol. The fourth-order valence-corrected chi connectivity index (χ4v) is 4.96. The molecule has 1 spiro atoms. The zero-order valence-corrected chi connectivity index (χ0v) is 18.9. The second-order valence-corrected chi connectivity index (χ2v) is 9.43. The molecule has 0 radical (unpaired) electrons. The number of carbonyl (C=O) groups is 2. The molecular formula is C23H28N2O5S. The number of cyclic esters (lactones) is 2. The normalized spacial score (nSPS) is 27.5. The van der Waals surface area contributed by atoms with Gasteiger partial charge in [-0.05, 0) is 32.4 Å². The number of hydrogen-bond acceptors (Lipinski definition) is 8. The summed E-state index contributed by atoms with van der Waals surface area (Å²) in [7, 11) is 0. The van der Waals surface area contributed by atoms with Gasteiger partial charge in [0.05, 0.1) is 12.3 Å². The molecule has 31 heavy (non-hydrogen) atoms. The van der Waals surface area contributed by atoms with Gasteiger partial charge in [0, 0.05) is 30.5 Å². The van der Waals surface area contributed by atoms with Gasteiger partial charge in [0.1, 0.15) is 6.10 Å². The smallest absolute Gasteiger partial charge is 0.324 e. The fraction of sp³-hybridized carbons (Fsp3) is 0.522. The van der Waals surface area contributed by atoms with E-state index < -0.39 is 29.1 Å². The second kappa shape index (κ2) is 8.59. The van der Waals surface area contributed by atoms with Crippen LogP contribution in [0.1, 0.15) is 50.8 Å². The van der Waals surface area contributed by atoms with Crippen molar-refractivity contribution in [3.8, 4) is 0 Å². The quantitative estimate of drug-likeness (QED) is 0.365. The van der Waals surface area contributed by atoms with E-state index in [4.69, 9.17) is 14.2 Å². The standard InChI is InChI=1S/C23H28N2O5S/c1-4-5-10-28-12-17-11-23(19(26)29-17)14-22(3,30-20(23)27)18-13-31-21(25-18)24-16-8-6-15(2)7-9-16/h6-9,13,17H,4-5,10-12,14H2,1-3H3,(H,24,25)/t17-,22+,23-/m0/s1. The molecule has 3 heterocycles. The zero-order chi connectivity index (χ0) is 22.1. The number of ether oxygens (including phenoxy) is 3. The molecule has 0 saturated carbocycles. The van der Waals surface area contributed by atoms with E-state index in [1.165, 1.54) is 16.9 Å². The Morgan fingerprint density at radius 3 is 2.77 bits per heavy atom. The summed E-state index contributed by atoms with van der Waals surface area (Å²) in [6, 6.07) is 8.02. The predicted molar refractivity (Wildman–Crippen MR) is 117 cm³/mol. The van der Waals surface area contributed by atoms with Gasteiger partial charge in [-0.15, -0.1) is 11.3 Å². The lowest BCUT2D eigenvalue weighted by Gasteiger charge is -2.20. The van der Waals surface area contributed by atoms with Crippen LogP contribution in [0.5, 0.6) is 0 Å². The Labute approximate surface area is 186 Å². The van der Waals surface area contributed by atoms with E-state index in [0.29, 0.717) is 24.0 Å². The number of esters is 2. The third-order valence-electron chi connectivity index (χ3n) is 5.88. The van der Waals surface area contributed by atoms with Crippen molar-refractivity contribution < 1.29 is 23.8 Å². The molecule has 2 saturated heterocycles. The van der Waals surface area contributed by atoms with Crippen LogP contribution in [-0.2, 0) is 29.4 Å². The SMILES string of the molecule is CCCCOC[C@@H]1C[C@]2(C[C@](C)(c3csc(Nc4ccc(C)cc4)n3)OC2=O)C(=O)O1. The Kier molecular flexibility index (Phi) is 6.03. The van der Waals surface area contributed by atoms with E-state index in [9.17, 15) is 9.59 Å². The van der Waals surface area contributed by atoms with Gasteiger partial charge >= 0.3 is 11.9 Å². The molecule has 1 aromatic heterocycles. The molecule has 166 valence electrons. The number of nitrogens with zero attached hydrogens (tertiary/aromatic N) is 1. The molecule has 0 aliphatic carbocycles. The van der Waals surface area contributed by atoms with Gasteiger partial charge in [-0.2, -0.15) is 0 Å². The first-order valence-electron chi connectivity index (χ1n) is 10.7. The summed E-state index contributed by atoms with van der Waals surface area (Å²) in [5, 5.41) is 5.84. The first kappa shape index (κ1) is 21.8. The van der Waals surface area contributed by atoms with Crippen LogP contribution in [0.15, 0.2) is 29.6 Å². The number of thiazole rings is 1. The Morgan fingerprint density at radius 2 is 2.03 bits per heavy atom. The molecule has 4 rings (SSSR count). The first-order valence-corrected chi connectivity index (χ1v) is 11.5. The maximum Gasteiger partial charge on any atom is 0.324 e. The highest BCUT2D eigenvalue weighted by molar-refractivity contribution is 7.13. The Bertz CT molecular complexity index is 959. The Hall–Kier alpha value is -2.45. The molecule has 0 unspecified atom stereocenters. The number of nitrogens with one attached hydrogen (secondary N) is 1. The highest BCUT2D eigenvalue weighted by atomic mass is 32.1. The maximum absolute atomic E-state index is 12.8. The predicted octanol–water partition coefficient (Wildman–Crippen LogP) is 4.48. The molecule has 0 bridgehead atoms. The summed E-state index contributed by atoms with van der Waals surface area (Å²) in [4.78, 5) is 30.2. The molecule has 2 fully saturated rings. The second-order valence-electron chi connectivity index (χ2n) is 8.57. The van der Waals surface area contributed by atoms with Crippen LogP contribution in [0.4, 0.5) is 10.8 Å². The largest absolute Gasteiger partial charge is 0.459 e. The van der Waals surface area contributed by atoms with Gasteiger partial charge in [-0.1, -0.05) is 31.0 Å². The van der Waals surface area contributed by atoms with E-state index in [0.717, 1.165) is 18.5 Å². The molecular weight excluding hydrogens is 416 g/mol. The third kappa shape index (κ3) is 4.32. The highest BCUT2D eigenvalue weighted by Crippen LogP contribution is 2.52. The fourth-order valence-electron chi connectivity index (χ4n) is 4.11. The van der Waals surface area contributed by atoms with Gasteiger partial charge in [-0.3, -0.25) is 9.59 Å². The average Bonchev–Trinajstić information content (AvgIpc) is 3.39. The number of anilines is 2. The third-order valence-corrected chi connectivity index (χ3v) is 6.64. The molecule has 7 nitrogen and oxygen atoms in total. The average molecular weight is 445 g/mol. The molecule has 2 aliphatic heterocycles. The summed E-state index contributed by atoms with van der Waals surface area (Å²) in [5.74, 6) is -1.05. The minimum atomic E-state index is -1.28. The Morgan fingerprint density at radius 1 is 1.26 bits per heavy atom. The minimum Gasteiger partial charge on any atom is -0.459 e. The maximum atomic E-state index is 12.8. The van der Waals surface area contributed by atoms with E-state index in [1.54, 1.807) is 0 Å². The van der Waals surface area contributed by atoms with Crippen LogP contribution in [0.3, 0.4) is 0 Å². The number of benzene rings is 1. The van der Waals surface area contributed by atoms with Crippen molar-refractivity contribution >= 4 is 34.1 Å². The number of aryl methyl sites for hydroxylation is 1. The molecule has 0 amide bonds. The van der Waals surface area contributed by atoms with Gasteiger partial charge in [0.15, 0.2) is 16.1 Å². The van der Waals surface area contributed by atoms with Crippen LogP contribution >= 0.6 is 11.3 Å². The lowest BCUT2D eigenvalue weighted by Crippen LogP contribution is -2.32. The lowest BCUT2D eigenvalue weighted by atomic mass is 9.78. The van der Waals surface area contributed by atoms with Crippen LogP contribution in [-0.4, -0.2) is 36.2 Å². The van der Waals surface area contributed by atoms with Gasteiger partial charge in [-0.25, -0.2) is 4.98 Å². The summed E-state index contributed by atoms with van der Waals surface area (Å²) >= 11 is 1.43. The number of carbonyl (C=O) groups excluding carboxylic acids is 2. The minimum absolute atomic E-state index is 0.219. The number of unbranched alkanes of at least 4 members (excludes halogenated alkanes) is 1. The highest BCUT2D eigenvalue weighted by Gasteiger charge is 2.65. The first-order chi connectivity index (χ1) is 14.8. The van der Waals surface area contributed by atoms with Crippen molar-refractivity contribution in [2.45, 2.75) is 58.2 Å². The summed E-state index contributed by atoms with van der Waals surface area (Å²) < 4.78 is 16.8. The van der Waals surface area contributed by atoms with E-state index in [-0.39, 0.29) is 12.8 Å². The van der Waals surface area contributed by atoms with Crippen LogP contribution in [0, 0.1) is 12.3 Å². The molecule has 1 N–H and O–H groups in total. The summed E-state index contributed by atoms with van der Waals surface area (Å²) in [6.07, 6.45) is 2.07. The van der Waals surface area contributed by atoms with Crippen molar-refractivity contribution in [1.82, 2.24) is 4.98 Å².